The van der Waals surface area contributed by atoms with Gasteiger partial charge < -0.3 is 25.9 Å². The number of benzene rings is 1. The zero-order valence-corrected chi connectivity index (χ0v) is 15.7. The zero-order valence-electron chi connectivity index (χ0n) is 15.7. The highest BCUT2D eigenvalue weighted by Crippen LogP contribution is 2.11. The molecule has 0 bridgehead atoms. The zero-order chi connectivity index (χ0) is 20.2. The number of nitrogens with one attached hydrogen (secondary N) is 3. The van der Waals surface area contributed by atoms with Crippen molar-refractivity contribution in [3.8, 4) is 0 Å². The lowest BCUT2D eigenvalue weighted by atomic mass is 10.1. The molecular formula is C18H26N4O5. The van der Waals surface area contributed by atoms with Crippen LogP contribution in [0.15, 0.2) is 29.4 Å². The Hall–Kier alpha value is -3.10. The van der Waals surface area contributed by atoms with E-state index in [-0.39, 0.29) is 5.91 Å². The summed E-state index contributed by atoms with van der Waals surface area (Å²) in [4.78, 5) is 34.8. The van der Waals surface area contributed by atoms with Gasteiger partial charge >= 0.3 is 12.0 Å². The Morgan fingerprint density at radius 1 is 1.15 bits per heavy atom. The molecule has 1 aromatic carbocycles. The Bertz CT molecular complexity index is 673. The summed E-state index contributed by atoms with van der Waals surface area (Å²) in [6, 6.07) is 5.39. The maximum Gasteiger partial charge on any atom is 0.328 e. The first-order chi connectivity index (χ1) is 12.9. The summed E-state index contributed by atoms with van der Waals surface area (Å²) in [5.41, 5.74) is 1.70. The van der Waals surface area contributed by atoms with Crippen LogP contribution in [0.3, 0.4) is 0 Å². The van der Waals surface area contributed by atoms with Crippen LogP contribution < -0.4 is 16.0 Å². The van der Waals surface area contributed by atoms with E-state index in [2.05, 4.69) is 21.1 Å². The topological polar surface area (TPSA) is 129 Å². The fourth-order valence-electron chi connectivity index (χ4n) is 2.31. The molecule has 9 heteroatoms. The molecule has 0 fully saturated rings. The van der Waals surface area contributed by atoms with Crippen molar-refractivity contribution in [3.63, 3.8) is 0 Å². The molecule has 1 rings (SSSR count). The lowest BCUT2D eigenvalue weighted by Gasteiger charge is -2.17. The number of carbonyl (C=O) groups excluding carboxylic acids is 3. The first kappa shape index (κ1) is 21.9. The number of hydrogen-bond donors (Lipinski definition) is 4. The highest BCUT2D eigenvalue weighted by molar-refractivity contribution is 5.99. The van der Waals surface area contributed by atoms with Gasteiger partial charge in [0.05, 0.1) is 12.8 Å². The molecule has 1 unspecified atom stereocenters. The van der Waals surface area contributed by atoms with E-state index < -0.39 is 18.0 Å². The SMILES string of the molecule is COC(=O)C(CCCCNC(C)=O)NC(=O)Nc1ccc(/C(C)=N/O)cc1. The first-order valence-corrected chi connectivity index (χ1v) is 8.56. The molecule has 0 radical (unpaired) electrons. The number of rotatable bonds is 9. The average molecular weight is 378 g/mol. The highest BCUT2D eigenvalue weighted by atomic mass is 16.5. The maximum atomic E-state index is 12.1. The number of ether oxygens (including phenoxy) is 1. The second kappa shape index (κ2) is 11.5. The van der Waals surface area contributed by atoms with Crippen molar-refractivity contribution in [1.82, 2.24) is 10.6 Å². The summed E-state index contributed by atoms with van der Waals surface area (Å²) in [5, 5.41) is 19.8. The maximum absolute atomic E-state index is 12.1. The van der Waals surface area contributed by atoms with Gasteiger partial charge in [0.2, 0.25) is 5.91 Å². The molecule has 0 aliphatic rings. The van der Waals surface area contributed by atoms with Crippen LogP contribution in [0.5, 0.6) is 0 Å². The molecule has 0 aliphatic carbocycles. The molecule has 0 saturated carbocycles. The van der Waals surface area contributed by atoms with Gasteiger partial charge in [-0.2, -0.15) is 0 Å². The Morgan fingerprint density at radius 2 is 1.81 bits per heavy atom. The van der Waals surface area contributed by atoms with E-state index in [4.69, 9.17) is 9.94 Å². The molecule has 1 atom stereocenters. The molecule has 4 N–H and O–H groups in total. The van der Waals surface area contributed by atoms with Crippen molar-refractivity contribution < 1.29 is 24.3 Å². The molecule has 0 saturated heterocycles. The molecular weight excluding hydrogens is 352 g/mol. The predicted molar refractivity (Wildman–Crippen MR) is 101 cm³/mol. The minimum absolute atomic E-state index is 0.108. The van der Waals surface area contributed by atoms with Crippen molar-refractivity contribution in [3.05, 3.63) is 29.8 Å². The third-order valence-corrected chi connectivity index (χ3v) is 3.80. The van der Waals surface area contributed by atoms with E-state index in [1.165, 1.54) is 14.0 Å². The number of unbranched alkanes of at least 4 members (excludes halogenated alkanes) is 1. The lowest BCUT2D eigenvalue weighted by Crippen LogP contribution is -2.43. The average Bonchev–Trinajstić information content (AvgIpc) is 2.65. The fourth-order valence-corrected chi connectivity index (χ4v) is 2.31. The van der Waals surface area contributed by atoms with E-state index in [9.17, 15) is 14.4 Å². The Balaban J connectivity index is 2.55. The van der Waals surface area contributed by atoms with Gasteiger partial charge in [0.15, 0.2) is 0 Å². The molecule has 0 aliphatic heterocycles. The minimum Gasteiger partial charge on any atom is -0.467 e. The molecule has 148 valence electrons. The van der Waals surface area contributed by atoms with Crippen LogP contribution in [0.25, 0.3) is 0 Å². The van der Waals surface area contributed by atoms with Gasteiger partial charge in [0.1, 0.15) is 6.04 Å². The summed E-state index contributed by atoms with van der Waals surface area (Å²) < 4.78 is 4.73. The van der Waals surface area contributed by atoms with E-state index in [0.29, 0.717) is 37.2 Å². The molecule has 3 amide bonds. The standard InChI is InChI=1S/C18H26N4O5/c1-12(22-26)14-7-9-15(10-8-14)20-18(25)21-16(17(24)27-3)6-4-5-11-19-13(2)23/h7-10,16,26H,4-6,11H2,1-3H3,(H,19,23)(H2,20,21,25)/b22-12+. The van der Waals surface area contributed by atoms with Crippen molar-refractivity contribution in [2.75, 3.05) is 19.0 Å². The van der Waals surface area contributed by atoms with Crippen LogP contribution in [-0.2, 0) is 14.3 Å². The van der Waals surface area contributed by atoms with E-state index in [1.54, 1.807) is 31.2 Å². The third kappa shape index (κ3) is 8.21. The fraction of sp³-hybridized carbons (Fsp3) is 0.444. The Morgan fingerprint density at radius 3 is 2.37 bits per heavy atom. The number of oxime groups is 1. The first-order valence-electron chi connectivity index (χ1n) is 8.56. The number of hydrogen-bond acceptors (Lipinski definition) is 6. The molecule has 27 heavy (non-hydrogen) atoms. The van der Waals surface area contributed by atoms with Crippen LogP contribution in [0, 0.1) is 0 Å². The summed E-state index contributed by atoms with van der Waals surface area (Å²) in [5.74, 6) is -0.640. The van der Waals surface area contributed by atoms with Gasteiger partial charge in [0.25, 0.3) is 0 Å². The lowest BCUT2D eigenvalue weighted by molar-refractivity contribution is -0.143. The second-order valence-corrected chi connectivity index (χ2v) is 5.92. The van der Waals surface area contributed by atoms with Crippen LogP contribution >= 0.6 is 0 Å². The minimum atomic E-state index is -0.782. The van der Waals surface area contributed by atoms with E-state index in [1.807, 2.05) is 0 Å². The van der Waals surface area contributed by atoms with E-state index >= 15 is 0 Å². The number of nitrogens with zero attached hydrogens (tertiary/aromatic N) is 1. The summed E-state index contributed by atoms with van der Waals surface area (Å²) in [6.07, 6.45) is 1.71. The number of methoxy groups -OCH3 is 1. The van der Waals surface area contributed by atoms with Gasteiger partial charge in [0, 0.05) is 19.2 Å². The smallest absolute Gasteiger partial charge is 0.328 e. The second-order valence-electron chi connectivity index (χ2n) is 5.92. The van der Waals surface area contributed by atoms with Gasteiger partial charge in [-0.25, -0.2) is 9.59 Å². The van der Waals surface area contributed by atoms with Crippen molar-refractivity contribution in [1.29, 1.82) is 0 Å². The Kier molecular flexibility index (Phi) is 9.35. The van der Waals surface area contributed by atoms with Gasteiger partial charge in [-0.15, -0.1) is 0 Å². The quantitative estimate of drug-likeness (QED) is 0.171. The van der Waals surface area contributed by atoms with Crippen LogP contribution in [0.2, 0.25) is 0 Å². The van der Waals surface area contributed by atoms with Crippen LogP contribution in [0.4, 0.5) is 10.5 Å². The van der Waals surface area contributed by atoms with Crippen LogP contribution in [-0.4, -0.2) is 48.5 Å². The normalized spacial score (nSPS) is 12.0. The molecule has 0 aromatic heterocycles. The largest absolute Gasteiger partial charge is 0.467 e. The Labute approximate surface area is 158 Å². The summed E-state index contributed by atoms with van der Waals surface area (Å²) >= 11 is 0. The van der Waals surface area contributed by atoms with E-state index in [0.717, 1.165) is 5.56 Å². The van der Waals surface area contributed by atoms with Crippen molar-refractivity contribution in [2.45, 2.75) is 39.2 Å². The number of anilines is 1. The number of carbonyl (C=O) groups is 3. The molecule has 9 nitrogen and oxygen atoms in total. The summed E-state index contributed by atoms with van der Waals surface area (Å²) in [6.45, 7) is 3.61. The van der Waals surface area contributed by atoms with Gasteiger partial charge in [-0.3, -0.25) is 4.79 Å². The van der Waals surface area contributed by atoms with Gasteiger partial charge in [-0.05, 0) is 43.9 Å². The van der Waals surface area contributed by atoms with Crippen molar-refractivity contribution >= 4 is 29.3 Å². The molecule has 1 aromatic rings. The monoisotopic (exact) mass is 378 g/mol. The number of amides is 3. The number of urea groups is 1. The van der Waals surface area contributed by atoms with Crippen LogP contribution in [0.1, 0.15) is 38.7 Å². The third-order valence-electron chi connectivity index (χ3n) is 3.80. The highest BCUT2D eigenvalue weighted by Gasteiger charge is 2.21. The summed E-state index contributed by atoms with van der Waals surface area (Å²) in [7, 11) is 1.26. The predicted octanol–water partition coefficient (Wildman–Crippen LogP) is 1.85. The number of esters is 1. The van der Waals surface area contributed by atoms with Crippen molar-refractivity contribution in [2.24, 2.45) is 5.16 Å². The molecule has 0 heterocycles. The molecule has 0 spiro atoms. The van der Waals surface area contributed by atoms with Gasteiger partial charge in [-0.1, -0.05) is 17.3 Å².